The van der Waals surface area contributed by atoms with Gasteiger partial charge in [0.2, 0.25) is 0 Å². The van der Waals surface area contributed by atoms with Crippen LogP contribution in [0.15, 0.2) is 47.6 Å². The molecule has 2 aromatic carbocycles. The maximum atomic E-state index is 12.4. The van der Waals surface area contributed by atoms with Crippen molar-refractivity contribution in [2.75, 3.05) is 0 Å². The number of nitrogens with one attached hydrogen (secondary N) is 1. The molecule has 0 saturated heterocycles. The number of hydrogen-bond acceptors (Lipinski definition) is 3. The minimum Gasteiger partial charge on any atom is -0.318 e. The fourth-order valence-electron chi connectivity index (χ4n) is 2.86. The van der Waals surface area contributed by atoms with Gasteiger partial charge in [0.05, 0.1) is 27.3 Å². The van der Waals surface area contributed by atoms with Crippen molar-refractivity contribution >= 4 is 46.4 Å². The highest BCUT2D eigenvalue weighted by molar-refractivity contribution is 6.42. The lowest BCUT2D eigenvalue weighted by Gasteiger charge is -2.08. The number of hydrazone groups is 1. The third kappa shape index (κ3) is 3.59. The van der Waals surface area contributed by atoms with E-state index in [-0.39, 0.29) is 12.5 Å². The van der Waals surface area contributed by atoms with Crippen LogP contribution >= 0.6 is 23.2 Å². The molecule has 0 aliphatic heterocycles. The number of nitrogens with zero attached hydrogens (tertiary/aromatic N) is 3. The molecule has 1 aromatic heterocycles. The van der Waals surface area contributed by atoms with E-state index in [0.717, 1.165) is 35.3 Å². The molecule has 1 N–H and O–H groups in total. The van der Waals surface area contributed by atoms with Crippen LogP contribution in [-0.4, -0.2) is 21.7 Å². The normalized spacial score (nSPS) is 14.2. The molecule has 0 bridgehead atoms. The number of carbonyl (C=O) groups excluding carboxylic acids is 1. The van der Waals surface area contributed by atoms with E-state index in [1.165, 1.54) is 0 Å². The Bertz CT molecular complexity index is 994. The van der Waals surface area contributed by atoms with Gasteiger partial charge in [0.15, 0.2) is 0 Å². The van der Waals surface area contributed by atoms with Gasteiger partial charge in [-0.15, -0.1) is 0 Å². The van der Waals surface area contributed by atoms with Gasteiger partial charge < -0.3 is 4.57 Å². The number of imidazole rings is 1. The van der Waals surface area contributed by atoms with Gasteiger partial charge in [0.1, 0.15) is 12.4 Å². The van der Waals surface area contributed by atoms with Crippen molar-refractivity contribution in [3.8, 4) is 0 Å². The third-order valence-corrected chi connectivity index (χ3v) is 4.99. The molecular formula is C19H16Cl2N4O. The van der Waals surface area contributed by atoms with E-state index in [4.69, 9.17) is 23.2 Å². The summed E-state index contributed by atoms with van der Waals surface area (Å²) in [6.07, 6.45) is 3.78. The molecule has 5 nitrogen and oxygen atoms in total. The van der Waals surface area contributed by atoms with Crippen LogP contribution < -0.4 is 5.43 Å². The van der Waals surface area contributed by atoms with Gasteiger partial charge in [-0.2, -0.15) is 5.10 Å². The van der Waals surface area contributed by atoms with E-state index in [0.29, 0.717) is 16.0 Å². The second-order valence-electron chi connectivity index (χ2n) is 6.29. The van der Waals surface area contributed by atoms with Gasteiger partial charge in [-0.1, -0.05) is 53.5 Å². The zero-order valence-electron chi connectivity index (χ0n) is 13.8. The second-order valence-corrected chi connectivity index (χ2v) is 7.10. The molecule has 3 aromatic rings. The van der Waals surface area contributed by atoms with Crippen LogP contribution in [0.3, 0.4) is 0 Å². The topological polar surface area (TPSA) is 59.3 Å². The zero-order chi connectivity index (χ0) is 18.1. The van der Waals surface area contributed by atoms with Crippen LogP contribution in [0.1, 0.15) is 30.1 Å². The van der Waals surface area contributed by atoms with Crippen molar-refractivity contribution in [1.82, 2.24) is 15.0 Å². The first-order valence-corrected chi connectivity index (χ1v) is 9.09. The van der Waals surface area contributed by atoms with Gasteiger partial charge in [0.25, 0.3) is 5.91 Å². The molecule has 7 heteroatoms. The van der Waals surface area contributed by atoms with Crippen LogP contribution in [-0.2, 0) is 11.3 Å². The number of rotatable bonds is 5. The van der Waals surface area contributed by atoms with E-state index < -0.39 is 0 Å². The number of fused-ring (bicyclic) bond motifs is 1. The van der Waals surface area contributed by atoms with Crippen LogP contribution in [0, 0.1) is 0 Å². The molecule has 1 aliphatic carbocycles. The summed E-state index contributed by atoms with van der Waals surface area (Å²) in [6, 6.07) is 13.1. The van der Waals surface area contributed by atoms with Gasteiger partial charge in [0, 0.05) is 5.92 Å². The van der Waals surface area contributed by atoms with Gasteiger partial charge in [-0.3, -0.25) is 4.79 Å². The highest BCUT2D eigenvalue weighted by Gasteiger charge is 2.30. The average molecular weight is 387 g/mol. The van der Waals surface area contributed by atoms with Crippen LogP contribution in [0.5, 0.6) is 0 Å². The summed E-state index contributed by atoms with van der Waals surface area (Å²) in [5, 5.41) is 4.93. The number of hydrogen-bond donors (Lipinski definition) is 1. The number of aromatic nitrogens is 2. The fourth-order valence-corrected chi connectivity index (χ4v) is 3.17. The number of carbonyl (C=O) groups is 1. The van der Waals surface area contributed by atoms with Gasteiger partial charge in [-0.05, 0) is 30.5 Å². The summed E-state index contributed by atoms with van der Waals surface area (Å²) in [7, 11) is 0. The summed E-state index contributed by atoms with van der Waals surface area (Å²) < 4.78 is 1.91. The Labute approximate surface area is 160 Å². The Morgan fingerprint density at radius 2 is 1.96 bits per heavy atom. The van der Waals surface area contributed by atoms with Crippen molar-refractivity contribution < 1.29 is 4.79 Å². The van der Waals surface area contributed by atoms with E-state index >= 15 is 0 Å². The minimum atomic E-state index is -0.218. The second kappa shape index (κ2) is 7.09. The van der Waals surface area contributed by atoms with E-state index in [1.807, 2.05) is 34.9 Å². The monoisotopic (exact) mass is 386 g/mol. The molecule has 0 unspecified atom stereocenters. The number of benzene rings is 2. The fraction of sp³-hybridized carbons (Fsp3) is 0.211. The standard InChI is InChI=1S/C19H16Cl2N4O/c20-14-8-16-17(9-15(14)21)25(19(23-16)13-6-7-13)11-18(26)24-22-10-12-4-2-1-3-5-12/h1-5,8-10,13H,6-7,11H2,(H,24,26)/b22-10+. The Hall–Kier alpha value is -2.37. The van der Waals surface area contributed by atoms with Crippen molar-refractivity contribution in [3.05, 3.63) is 63.9 Å². The zero-order valence-corrected chi connectivity index (χ0v) is 15.3. The molecule has 0 radical (unpaired) electrons. The van der Waals surface area contributed by atoms with Crippen molar-refractivity contribution in [2.24, 2.45) is 5.10 Å². The van der Waals surface area contributed by atoms with Crippen LogP contribution in [0.4, 0.5) is 0 Å². The first-order chi connectivity index (χ1) is 12.6. The predicted octanol–water partition coefficient (Wildman–Crippen LogP) is 4.37. The summed E-state index contributed by atoms with van der Waals surface area (Å²) in [4.78, 5) is 17.0. The molecule has 1 heterocycles. The van der Waals surface area contributed by atoms with Crippen molar-refractivity contribution in [3.63, 3.8) is 0 Å². The Morgan fingerprint density at radius 1 is 1.23 bits per heavy atom. The molecule has 1 aliphatic rings. The summed E-state index contributed by atoms with van der Waals surface area (Å²) in [5.74, 6) is 1.07. The molecule has 0 spiro atoms. The summed E-state index contributed by atoms with van der Waals surface area (Å²) in [6.45, 7) is 0.131. The molecule has 4 rings (SSSR count). The van der Waals surface area contributed by atoms with Gasteiger partial charge in [-0.25, -0.2) is 10.4 Å². The number of halogens is 2. The maximum Gasteiger partial charge on any atom is 0.260 e. The maximum absolute atomic E-state index is 12.4. The SMILES string of the molecule is O=C(Cn1c(C2CC2)nc2cc(Cl)c(Cl)cc21)N/N=C/c1ccccc1. The molecule has 0 atom stereocenters. The highest BCUT2D eigenvalue weighted by Crippen LogP contribution is 2.41. The smallest absolute Gasteiger partial charge is 0.260 e. The Morgan fingerprint density at radius 3 is 2.69 bits per heavy atom. The van der Waals surface area contributed by atoms with E-state index in [2.05, 4.69) is 15.5 Å². The van der Waals surface area contributed by atoms with E-state index in [1.54, 1.807) is 18.3 Å². The molecular weight excluding hydrogens is 371 g/mol. The molecule has 1 saturated carbocycles. The van der Waals surface area contributed by atoms with E-state index in [9.17, 15) is 4.79 Å². The molecule has 132 valence electrons. The summed E-state index contributed by atoms with van der Waals surface area (Å²) >= 11 is 12.3. The van der Waals surface area contributed by atoms with Crippen LogP contribution in [0.25, 0.3) is 11.0 Å². The largest absolute Gasteiger partial charge is 0.318 e. The minimum absolute atomic E-state index is 0.131. The molecule has 1 fully saturated rings. The lowest BCUT2D eigenvalue weighted by molar-refractivity contribution is -0.121. The Kier molecular flexibility index (Phi) is 4.66. The first-order valence-electron chi connectivity index (χ1n) is 8.34. The third-order valence-electron chi connectivity index (χ3n) is 4.27. The van der Waals surface area contributed by atoms with Crippen molar-refractivity contribution in [2.45, 2.75) is 25.3 Å². The highest BCUT2D eigenvalue weighted by atomic mass is 35.5. The molecule has 26 heavy (non-hydrogen) atoms. The first kappa shape index (κ1) is 17.1. The lowest BCUT2D eigenvalue weighted by Crippen LogP contribution is -2.24. The quantitative estimate of drug-likeness (QED) is 0.522. The van der Waals surface area contributed by atoms with Crippen LogP contribution in [0.2, 0.25) is 10.0 Å². The van der Waals surface area contributed by atoms with Crippen molar-refractivity contribution in [1.29, 1.82) is 0 Å². The lowest BCUT2D eigenvalue weighted by atomic mass is 10.2. The van der Waals surface area contributed by atoms with Gasteiger partial charge >= 0.3 is 0 Å². The average Bonchev–Trinajstić information content (AvgIpc) is 3.42. The molecule has 1 amide bonds. The number of amides is 1. The predicted molar refractivity (Wildman–Crippen MR) is 104 cm³/mol. The Balaban J connectivity index is 1.56. The summed E-state index contributed by atoms with van der Waals surface area (Å²) in [5.41, 5.74) is 5.05.